The van der Waals surface area contributed by atoms with Gasteiger partial charge in [0.2, 0.25) is 5.91 Å². The molecule has 1 atom stereocenters. The third-order valence-electron chi connectivity index (χ3n) is 2.76. The number of amides is 1. The van der Waals surface area contributed by atoms with Crippen molar-refractivity contribution in [3.05, 3.63) is 17.5 Å². The molecule has 1 aromatic heterocycles. The minimum atomic E-state index is -0.254. The van der Waals surface area contributed by atoms with Crippen LogP contribution in [0.3, 0.4) is 0 Å². The fourth-order valence-electron chi connectivity index (χ4n) is 1.67. The SMILES string of the molecule is Cc1cc(C)n(CCCNCC(C)C(N)=O)n1. The van der Waals surface area contributed by atoms with Crippen molar-refractivity contribution < 1.29 is 4.79 Å². The largest absolute Gasteiger partial charge is 0.369 e. The summed E-state index contributed by atoms with van der Waals surface area (Å²) in [6.45, 7) is 8.30. The molecule has 1 rings (SSSR count). The third-order valence-corrected chi connectivity index (χ3v) is 2.76. The molecule has 0 saturated carbocycles. The number of aromatic nitrogens is 2. The second-order valence-corrected chi connectivity index (χ2v) is 4.51. The highest BCUT2D eigenvalue weighted by Gasteiger charge is 2.07. The van der Waals surface area contributed by atoms with Crippen LogP contribution in [0.5, 0.6) is 0 Å². The van der Waals surface area contributed by atoms with E-state index < -0.39 is 0 Å². The second-order valence-electron chi connectivity index (χ2n) is 4.51. The molecule has 1 unspecified atom stereocenters. The van der Waals surface area contributed by atoms with Gasteiger partial charge in [-0.15, -0.1) is 0 Å². The van der Waals surface area contributed by atoms with Gasteiger partial charge in [-0.05, 0) is 32.9 Å². The minimum absolute atomic E-state index is 0.108. The Balaban J connectivity index is 2.16. The number of nitrogens with zero attached hydrogens (tertiary/aromatic N) is 2. The molecule has 0 aliphatic heterocycles. The molecule has 0 radical (unpaired) electrons. The zero-order valence-corrected chi connectivity index (χ0v) is 10.9. The number of hydrogen-bond donors (Lipinski definition) is 2. The lowest BCUT2D eigenvalue weighted by Gasteiger charge is -2.09. The van der Waals surface area contributed by atoms with Gasteiger partial charge in [-0.1, -0.05) is 6.92 Å². The molecule has 0 aliphatic carbocycles. The monoisotopic (exact) mass is 238 g/mol. The van der Waals surface area contributed by atoms with E-state index >= 15 is 0 Å². The van der Waals surface area contributed by atoms with Crippen LogP contribution in [0.15, 0.2) is 6.07 Å². The summed E-state index contributed by atoms with van der Waals surface area (Å²) in [5.74, 6) is -0.361. The highest BCUT2D eigenvalue weighted by Crippen LogP contribution is 2.02. The molecule has 3 N–H and O–H groups in total. The molecule has 5 heteroatoms. The van der Waals surface area contributed by atoms with Crippen molar-refractivity contribution in [3.63, 3.8) is 0 Å². The molecule has 1 heterocycles. The summed E-state index contributed by atoms with van der Waals surface area (Å²) in [4.78, 5) is 10.8. The summed E-state index contributed by atoms with van der Waals surface area (Å²) in [5.41, 5.74) is 7.41. The predicted octanol–water partition coefficient (Wildman–Crippen LogP) is 0.601. The molecule has 96 valence electrons. The Bertz CT molecular complexity index is 373. The van der Waals surface area contributed by atoms with Crippen LogP contribution in [-0.2, 0) is 11.3 Å². The van der Waals surface area contributed by atoms with Crippen molar-refractivity contribution in [2.75, 3.05) is 13.1 Å². The van der Waals surface area contributed by atoms with E-state index in [1.807, 2.05) is 18.5 Å². The fourth-order valence-corrected chi connectivity index (χ4v) is 1.67. The van der Waals surface area contributed by atoms with Crippen LogP contribution < -0.4 is 11.1 Å². The van der Waals surface area contributed by atoms with Crippen molar-refractivity contribution in [2.45, 2.75) is 33.7 Å². The molecule has 0 fully saturated rings. The van der Waals surface area contributed by atoms with Gasteiger partial charge >= 0.3 is 0 Å². The Labute approximate surface area is 102 Å². The lowest BCUT2D eigenvalue weighted by Crippen LogP contribution is -2.31. The lowest BCUT2D eigenvalue weighted by molar-refractivity contribution is -0.121. The number of carbonyl (C=O) groups is 1. The molecule has 17 heavy (non-hydrogen) atoms. The zero-order valence-electron chi connectivity index (χ0n) is 10.9. The van der Waals surface area contributed by atoms with E-state index in [9.17, 15) is 4.79 Å². The second kappa shape index (κ2) is 6.39. The molecule has 0 aliphatic rings. The van der Waals surface area contributed by atoms with Crippen LogP contribution in [0.25, 0.3) is 0 Å². The number of primary amides is 1. The first-order chi connectivity index (χ1) is 8.00. The molecular weight excluding hydrogens is 216 g/mol. The van der Waals surface area contributed by atoms with Crippen LogP contribution >= 0.6 is 0 Å². The third kappa shape index (κ3) is 4.56. The van der Waals surface area contributed by atoms with Gasteiger partial charge in [0.25, 0.3) is 0 Å². The summed E-state index contributed by atoms with van der Waals surface area (Å²) in [7, 11) is 0. The number of nitrogens with one attached hydrogen (secondary N) is 1. The first-order valence-corrected chi connectivity index (χ1v) is 6.01. The van der Waals surface area contributed by atoms with Crippen LogP contribution in [0, 0.1) is 19.8 Å². The Morgan fingerprint density at radius 2 is 2.29 bits per heavy atom. The molecular formula is C12H22N4O. The van der Waals surface area contributed by atoms with E-state index in [1.54, 1.807) is 0 Å². The van der Waals surface area contributed by atoms with Gasteiger partial charge in [0, 0.05) is 24.7 Å². The van der Waals surface area contributed by atoms with Crippen LogP contribution in [0.2, 0.25) is 0 Å². The average Bonchev–Trinajstić information content (AvgIpc) is 2.56. The van der Waals surface area contributed by atoms with E-state index in [1.165, 1.54) is 5.69 Å². The molecule has 5 nitrogen and oxygen atoms in total. The number of rotatable bonds is 7. The smallest absolute Gasteiger partial charge is 0.221 e. The molecule has 0 saturated heterocycles. The molecule has 1 aromatic rings. The maximum absolute atomic E-state index is 10.8. The van der Waals surface area contributed by atoms with Gasteiger partial charge in [0.05, 0.1) is 5.69 Å². The number of hydrogen-bond acceptors (Lipinski definition) is 3. The Morgan fingerprint density at radius 3 is 2.82 bits per heavy atom. The molecule has 1 amide bonds. The maximum Gasteiger partial charge on any atom is 0.221 e. The van der Waals surface area contributed by atoms with Gasteiger partial charge in [-0.3, -0.25) is 9.48 Å². The average molecular weight is 238 g/mol. The predicted molar refractivity (Wildman–Crippen MR) is 67.5 cm³/mol. The summed E-state index contributed by atoms with van der Waals surface area (Å²) in [6.07, 6.45) is 0.993. The van der Waals surface area contributed by atoms with Gasteiger partial charge in [-0.2, -0.15) is 5.10 Å². The summed E-state index contributed by atoms with van der Waals surface area (Å²) >= 11 is 0. The highest BCUT2D eigenvalue weighted by molar-refractivity contribution is 5.76. The number of nitrogens with two attached hydrogens (primary N) is 1. The number of aryl methyl sites for hydroxylation is 3. The van der Waals surface area contributed by atoms with E-state index in [-0.39, 0.29) is 11.8 Å². The molecule has 0 spiro atoms. The summed E-state index contributed by atoms with van der Waals surface area (Å²) in [5, 5.41) is 7.61. The normalized spacial score (nSPS) is 12.6. The van der Waals surface area contributed by atoms with E-state index in [0.29, 0.717) is 6.54 Å². The van der Waals surface area contributed by atoms with Crippen molar-refractivity contribution in [3.8, 4) is 0 Å². The van der Waals surface area contributed by atoms with Gasteiger partial charge in [0.15, 0.2) is 0 Å². The van der Waals surface area contributed by atoms with Crippen molar-refractivity contribution in [1.29, 1.82) is 0 Å². The zero-order chi connectivity index (χ0) is 12.8. The Morgan fingerprint density at radius 1 is 1.59 bits per heavy atom. The molecule has 0 bridgehead atoms. The van der Waals surface area contributed by atoms with E-state index in [0.717, 1.165) is 25.2 Å². The first-order valence-electron chi connectivity index (χ1n) is 6.01. The van der Waals surface area contributed by atoms with E-state index in [4.69, 9.17) is 5.73 Å². The van der Waals surface area contributed by atoms with E-state index in [2.05, 4.69) is 23.4 Å². The maximum atomic E-state index is 10.8. The Kier molecular flexibility index (Phi) is 5.15. The summed E-state index contributed by atoms with van der Waals surface area (Å²) < 4.78 is 2.01. The van der Waals surface area contributed by atoms with Crippen molar-refractivity contribution in [2.24, 2.45) is 11.7 Å². The van der Waals surface area contributed by atoms with Crippen LogP contribution in [0.1, 0.15) is 24.7 Å². The fraction of sp³-hybridized carbons (Fsp3) is 0.667. The lowest BCUT2D eigenvalue weighted by atomic mass is 10.2. The Hall–Kier alpha value is -1.36. The standard InChI is InChI=1S/C12H22N4O/c1-9(12(13)17)8-14-5-4-6-16-11(3)7-10(2)15-16/h7,9,14H,4-6,8H2,1-3H3,(H2,13,17). The summed E-state index contributed by atoms with van der Waals surface area (Å²) in [6, 6.07) is 2.07. The van der Waals surface area contributed by atoms with Crippen molar-refractivity contribution in [1.82, 2.24) is 15.1 Å². The first kappa shape index (κ1) is 13.7. The number of carbonyl (C=O) groups excluding carboxylic acids is 1. The van der Waals surface area contributed by atoms with Gasteiger partial charge in [-0.25, -0.2) is 0 Å². The van der Waals surface area contributed by atoms with Gasteiger partial charge in [0.1, 0.15) is 0 Å². The van der Waals surface area contributed by atoms with Gasteiger partial charge < -0.3 is 11.1 Å². The highest BCUT2D eigenvalue weighted by atomic mass is 16.1. The van der Waals surface area contributed by atoms with Crippen LogP contribution in [0.4, 0.5) is 0 Å². The van der Waals surface area contributed by atoms with Crippen LogP contribution in [-0.4, -0.2) is 28.8 Å². The minimum Gasteiger partial charge on any atom is -0.369 e. The topological polar surface area (TPSA) is 72.9 Å². The van der Waals surface area contributed by atoms with Crippen molar-refractivity contribution >= 4 is 5.91 Å². The molecule has 0 aromatic carbocycles. The quantitative estimate of drug-likeness (QED) is 0.683.